The van der Waals surface area contributed by atoms with Gasteiger partial charge in [0.05, 0.1) is 0 Å². The molecular formula is C28H32. The van der Waals surface area contributed by atoms with Gasteiger partial charge in [-0.3, -0.25) is 0 Å². The number of hydrogen-bond acceptors (Lipinski definition) is 0. The molecule has 0 saturated heterocycles. The van der Waals surface area contributed by atoms with Crippen LogP contribution in [0.3, 0.4) is 0 Å². The van der Waals surface area contributed by atoms with Crippen LogP contribution in [0.5, 0.6) is 0 Å². The summed E-state index contributed by atoms with van der Waals surface area (Å²) in [5.41, 5.74) is 0. The summed E-state index contributed by atoms with van der Waals surface area (Å²) in [5.74, 6) is 17.0. The van der Waals surface area contributed by atoms with E-state index in [9.17, 15) is 0 Å². The standard InChI is InChI=1S/2C14H16/c2*1-2-8-5-7(1)11-12(8)14-10-4-3-9(6-10)13(11)14/h2*1-4,7-14H,5-6H2/t2*7-,8+,9-,10+,11?,12?,13?,14?. The van der Waals surface area contributed by atoms with Crippen molar-refractivity contribution in [1.82, 2.24) is 0 Å². The summed E-state index contributed by atoms with van der Waals surface area (Å²) in [6.45, 7) is 0. The van der Waals surface area contributed by atoms with Gasteiger partial charge in [-0.15, -0.1) is 0 Å². The average Bonchev–Trinajstić information content (AvgIpc) is 3.48. The van der Waals surface area contributed by atoms with Crippen molar-refractivity contribution in [3.63, 3.8) is 0 Å². The molecule has 0 aromatic rings. The minimum Gasteiger partial charge on any atom is -0.0848 e. The Labute approximate surface area is 169 Å². The first-order valence-corrected chi connectivity index (χ1v) is 12.6. The fourth-order valence-electron chi connectivity index (χ4n) is 11.6. The largest absolute Gasteiger partial charge is 0.0848 e. The molecule has 10 aliphatic carbocycles. The van der Waals surface area contributed by atoms with Crippen molar-refractivity contribution in [2.45, 2.75) is 25.7 Å². The second kappa shape index (κ2) is 4.65. The lowest BCUT2D eigenvalue weighted by Crippen LogP contribution is -2.50. The Hall–Kier alpha value is -1.04. The number of fused-ring (bicyclic) bond motifs is 24. The Morgan fingerprint density at radius 1 is 0.250 bits per heavy atom. The molecular weight excluding hydrogens is 336 g/mol. The monoisotopic (exact) mass is 368 g/mol. The summed E-state index contributed by atoms with van der Waals surface area (Å²) in [5, 5.41) is 0. The Morgan fingerprint density at radius 2 is 0.393 bits per heavy atom. The van der Waals surface area contributed by atoms with Crippen LogP contribution < -0.4 is 0 Å². The lowest BCUT2D eigenvalue weighted by atomic mass is 9.50. The highest BCUT2D eigenvalue weighted by atomic mass is 14.7. The third-order valence-corrected chi connectivity index (χ3v) is 12.1. The minimum atomic E-state index is 0.999. The summed E-state index contributed by atoms with van der Waals surface area (Å²) in [4.78, 5) is 0. The van der Waals surface area contributed by atoms with E-state index in [1.807, 2.05) is 0 Å². The van der Waals surface area contributed by atoms with E-state index in [-0.39, 0.29) is 0 Å². The molecule has 8 bridgehead atoms. The highest BCUT2D eigenvalue weighted by Gasteiger charge is 2.68. The molecule has 0 heterocycles. The van der Waals surface area contributed by atoms with Crippen LogP contribution in [-0.4, -0.2) is 0 Å². The molecule has 6 fully saturated rings. The summed E-state index contributed by atoms with van der Waals surface area (Å²) in [6.07, 6.45) is 26.4. The molecule has 28 heavy (non-hydrogen) atoms. The molecule has 6 saturated carbocycles. The van der Waals surface area contributed by atoms with Gasteiger partial charge in [-0.05, 0) is 120 Å². The molecule has 0 heteroatoms. The first kappa shape index (κ1) is 14.9. The van der Waals surface area contributed by atoms with Gasteiger partial charge in [-0.2, -0.15) is 0 Å². The molecule has 0 radical (unpaired) electrons. The minimum absolute atomic E-state index is 0.999. The zero-order valence-electron chi connectivity index (χ0n) is 16.7. The van der Waals surface area contributed by atoms with Crippen molar-refractivity contribution in [2.75, 3.05) is 0 Å². The topological polar surface area (TPSA) is 0 Å². The lowest BCUT2D eigenvalue weighted by molar-refractivity contribution is -0.0372. The predicted molar refractivity (Wildman–Crippen MR) is 111 cm³/mol. The second-order valence-electron chi connectivity index (χ2n) is 12.4. The van der Waals surface area contributed by atoms with Crippen molar-refractivity contribution in [3.8, 4) is 0 Å². The van der Waals surface area contributed by atoms with Gasteiger partial charge in [0.2, 0.25) is 0 Å². The van der Waals surface area contributed by atoms with E-state index < -0.39 is 0 Å². The molecule has 0 aliphatic heterocycles. The smallest absolute Gasteiger partial charge is 0.0193 e. The van der Waals surface area contributed by atoms with Crippen molar-refractivity contribution in [1.29, 1.82) is 0 Å². The summed E-state index contributed by atoms with van der Waals surface area (Å²) >= 11 is 0. The van der Waals surface area contributed by atoms with E-state index >= 15 is 0 Å². The maximum absolute atomic E-state index is 2.54. The molecule has 0 N–H and O–H groups in total. The SMILES string of the molecule is C1=C[C@H]2C[C@@H]1C1C3C(C12)[C@H]1C=C[C@@H]3C1.C1=C[C@H]2C[C@@H]1C1C3C(C12)[C@H]1C=C[C@@H]3C1. The van der Waals surface area contributed by atoms with E-state index in [4.69, 9.17) is 0 Å². The summed E-state index contributed by atoms with van der Waals surface area (Å²) < 4.78 is 0. The van der Waals surface area contributed by atoms with Gasteiger partial charge in [-0.1, -0.05) is 48.6 Å². The maximum atomic E-state index is 2.54. The number of allylic oxidation sites excluding steroid dienone is 8. The molecule has 0 nitrogen and oxygen atoms in total. The average molecular weight is 369 g/mol. The van der Waals surface area contributed by atoms with Crippen LogP contribution in [0.1, 0.15) is 25.7 Å². The molecule has 0 atom stereocenters. The van der Waals surface area contributed by atoms with E-state index in [2.05, 4.69) is 48.6 Å². The van der Waals surface area contributed by atoms with E-state index in [1.54, 1.807) is 0 Å². The van der Waals surface area contributed by atoms with Crippen LogP contribution in [0.25, 0.3) is 0 Å². The zero-order valence-corrected chi connectivity index (χ0v) is 16.7. The first-order valence-electron chi connectivity index (χ1n) is 12.6. The molecule has 0 aromatic heterocycles. The zero-order chi connectivity index (χ0) is 17.7. The Bertz CT molecular complexity index is 648. The molecule has 0 unspecified atom stereocenters. The van der Waals surface area contributed by atoms with Crippen LogP contribution in [0.2, 0.25) is 0 Å². The molecule has 10 aliphatic rings. The Kier molecular flexibility index (Phi) is 2.47. The van der Waals surface area contributed by atoms with Crippen LogP contribution in [0.4, 0.5) is 0 Å². The van der Waals surface area contributed by atoms with E-state index in [0.29, 0.717) is 0 Å². The van der Waals surface area contributed by atoms with Crippen molar-refractivity contribution in [2.24, 2.45) is 94.7 Å². The van der Waals surface area contributed by atoms with Crippen molar-refractivity contribution in [3.05, 3.63) is 48.6 Å². The fraction of sp³-hybridized carbons (Fsp3) is 0.714. The van der Waals surface area contributed by atoms with Crippen LogP contribution in [0.15, 0.2) is 48.6 Å². The fourth-order valence-corrected chi connectivity index (χ4v) is 11.6. The molecule has 0 aromatic carbocycles. The van der Waals surface area contributed by atoms with Crippen LogP contribution >= 0.6 is 0 Å². The number of hydrogen-bond donors (Lipinski definition) is 0. The van der Waals surface area contributed by atoms with Gasteiger partial charge in [0.15, 0.2) is 0 Å². The first-order chi connectivity index (χ1) is 13.9. The quantitative estimate of drug-likeness (QED) is 0.477. The van der Waals surface area contributed by atoms with Gasteiger partial charge in [-0.25, -0.2) is 0 Å². The lowest BCUT2D eigenvalue weighted by Gasteiger charge is -2.54. The second-order valence-corrected chi connectivity index (χ2v) is 12.4. The van der Waals surface area contributed by atoms with Gasteiger partial charge in [0.25, 0.3) is 0 Å². The normalized spacial score (nSPS) is 69.7. The summed E-state index contributed by atoms with van der Waals surface area (Å²) in [7, 11) is 0. The molecule has 10 rings (SSSR count). The van der Waals surface area contributed by atoms with Crippen molar-refractivity contribution >= 4 is 0 Å². The van der Waals surface area contributed by atoms with Crippen LogP contribution in [0, 0.1) is 94.7 Å². The maximum Gasteiger partial charge on any atom is -0.0193 e. The highest BCUT2D eigenvalue weighted by molar-refractivity contribution is 5.30. The predicted octanol–water partition coefficient (Wildman–Crippen LogP) is 5.75. The third-order valence-electron chi connectivity index (χ3n) is 12.1. The van der Waals surface area contributed by atoms with Crippen molar-refractivity contribution < 1.29 is 0 Å². The van der Waals surface area contributed by atoms with Gasteiger partial charge in [0.1, 0.15) is 0 Å². The highest BCUT2D eigenvalue weighted by Crippen LogP contribution is 2.74. The Morgan fingerprint density at radius 3 is 0.536 bits per heavy atom. The summed E-state index contributed by atoms with van der Waals surface area (Å²) in [6, 6.07) is 0. The third kappa shape index (κ3) is 1.46. The molecule has 0 spiro atoms. The van der Waals surface area contributed by atoms with Gasteiger partial charge >= 0.3 is 0 Å². The van der Waals surface area contributed by atoms with Gasteiger partial charge < -0.3 is 0 Å². The van der Waals surface area contributed by atoms with E-state index in [1.165, 1.54) is 25.7 Å². The van der Waals surface area contributed by atoms with Crippen LogP contribution in [-0.2, 0) is 0 Å². The van der Waals surface area contributed by atoms with E-state index in [0.717, 1.165) is 94.7 Å². The Balaban J connectivity index is 0.0000000926. The molecule has 144 valence electrons. The van der Waals surface area contributed by atoms with Gasteiger partial charge in [0, 0.05) is 0 Å². The molecule has 0 amide bonds. The number of rotatable bonds is 0.